The van der Waals surface area contributed by atoms with Gasteiger partial charge in [0.05, 0.1) is 12.5 Å². The molecule has 6 nitrogen and oxygen atoms in total. The van der Waals surface area contributed by atoms with Gasteiger partial charge >= 0.3 is 5.97 Å². The Morgan fingerprint density at radius 1 is 1.21 bits per heavy atom. The lowest BCUT2D eigenvalue weighted by Crippen LogP contribution is -2.50. The standard InChI is InChI=1S/C21H30FN3O3/c1-23(15-20(26)27)19-7-10-25(11-8-19)21(28)17-5-3-9-24(14-17)13-16-4-2-6-18(22)12-16/h2,4,6,12,17,19H,3,5,7-11,13-15H2,1H3,(H,26,27)/t17-/m0/s1. The summed E-state index contributed by atoms with van der Waals surface area (Å²) in [6, 6.07) is 6.87. The Morgan fingerprint density at radius 3 is 2.64 bits per heavy atom. The minimum atomic E-state index is -0.818. The number of hydrogen-bond donors (Lipinski definition) is 1. The van der Waals surface area contributed by atoms with Crippen LogP contribution in [-0.4, -0.2) is 77.5 Å². The van der Waals surface area contributed by atoms with Crippen LogP contribution in [0.15, 0.2) is 24.3 Å². The molecule has 2 aliphatic heterocycles. The number of carboxylic acid groups (broad SMARTS) is 1. The third-order valence-corrected chi connectivity index (χ3v) is 5.93. The maximum atomic E-state index is 13.4. The van der Waals surface area contributed by atoms with E-state index in [2.05, 4.69) is 4.90 Å². The van der Waals surface area contributed by atoms with Crippen LogP contribution in [0.5, 0.6) is 0 Å². The number of benzene rings is 1. The molecule has 3 rings (SSSR count). The molecular formula is C21H30FN3O3. The Morgan fingerprint density at radius 2 is 1.96 bits per heavy atom. The molecule has 0 spiro atoms. The Kier molecular flexibility index (Phi) is 7.02. The molecule has 1 amide bonds. The second kappa shape index (κ2) is 9.47. The summed E-state index contributed by atoms with van der Waals surface area (Å²) in [6.45, 7) is 3.73. The minimum Gasteiger partial charge on any atom is -0.480 e. The number of carbonyl (C=O) groups is 2. The van der Waals surface area contributed by atoms with Crippen molar-refractivity contribution < 1.29 is 19.1 Å². The molecule has 0 bridgehead atoms. The number of likely N-dealkylation sites (tertiary alicyclic amines) is 2. The number of hydrogen-bond acceptors (Lipinski definition) is 4. The summed E-state index contributed by atoms with van der Waals surface area (Å²) in [5.74, 6) is -0.835. The van der Waals surface area contributed by atoms with Crippen molar-refractivity contribution in [3.05, 3.63) is 35.6 Å². The molecule has 1 N–H and O–H groups in total. The minimum absolute atomic E-state index is 0.00407. The predicted octanol–water partition coefficient (Wildman–Crippen LogP) is 2.05. The molecule has 7 heteroatoms. The highest BCUT2D eigenvalue weighted by atomic mass is 19.1. The van der Waals surface area contributed by atoms with Crippen LogP contribution >= 0.6 is 0 Å². The maximum Gasteiger partial charge on any atom is 0.317 e. The van der Waals surface area contributed by atoms with Gasteiger partial charge in [-0.2, -0.15) is 0 Å². The van der Waals surface area contributed by atoms with Gasteiger partial charge in [-0.3, -0.25) is 19.4 Å². The van der Waals surface area contributed by atoms with Gasteiger partial charge in [0.2, 0.25) is 5.91 Å². The largest absolute Gasteiger partial charge is 0.480 e. The van der Waals surface area contributed by atoms with E-state index in [0.29, 0.717) is 26.2 Å². The van der Waals surface area contributed by atoms with E-state index in [1.807, 2.05) is 22.9 Å². The Bertz CT molecular complexity index is 691. The van der Waals surface area contributed by atoms with Gasteiger partial charge in [-0.15, -0.1) is 0 Å². The summed E-state index contributed by atoms with van der Waals surface area (Å²) < 4.78 is 13.4. The molecule has 0 aromatic heterocycles. The zero-order chi connectivity index (χ0) is 20.1. The number of carbonyl (C=O) groups excluding carboxylic acids is 1. The van der Waals surface area contributed by atoms with E-state index < -0.39 is 5.97 Å². The van der Waals surface area contributed by atoms with Gasteiger partial charge in [0.15, 0.2) is 0 Å². The zero-order valence-electron chi connectivity index (χ0n) is 16.5. The first-order valence-corrected chi connectivity index (χ1v) is 10.1. The lowest BCUT2D eigenvalue weighted by molar-refractivity contribution is -0.141. The fraction of sp³-hybridized carbons (Fsp3) is 0.619. The van der Waals surface area contributed by atoms with Crippen molar-refractivity contribution in [1.82, 2.24) is 14.7 Å². The molecule has 28 heavy (non-hydrogen) atoms. The summed E-state index contributed by atoms with van der Waals surface area (Å²) in [4.78, 5) is 29.9. The zero-order valence-corrected chi connectivity index (χ0v) is 16.5. The molecule has 2 saturated heterocycles. The molecular weight excluding hydrogens is 361 g/mol. The highest BCUT2D eigenvalue weighted by Crippen LogP contribution is 2.23. The van der Waals surface area contributed by atoms with E-state index in [1.165, 1.54) is 6.07 Å². The van der Waals surface area contributed by atoms with Crippen molar-refractivity contribution in [3.8, 4) is 0 Å². The van der Waals surface area contributed by atoms with Crippen molar-refractivity contribution in [3.63, 3.8) is 0 Å². The second-order valence-electron chi connectivity index (χ2n) is 8.07. The Labute approximate surface area is 165 Å². The van der Waals surface area contributed by atoms with Gasteiger partial charge in [-0.05, 0) is 57.0 Å². The summed E-state index contributed by atoms with van der Waals surface area (Å²) >= 11 is 0. The third kappa shape index (κ3) is 5.52. The lowest BCUT2D eigenvalue weighted by atomic mass is 9.94. The van der Waals surface area contributed by atoms with E-state index in [9.17, 15) is 14.0 Å². The van der Waals surface area contributed by atoms with E-state index in [4.69, 9.17) is 5.11 Å². The smallest absolute Gasteiger partial charge is 0.317 e. The topological polar surface area (TPSA) is 64.1 Å². The van der Waals surface area contributed by atoms with Crippen molar-refractivity contribution in [2.24, 2.45) is 5.92 Å². The maximum absolute atomic E-state index is 13.4. The van der Waals surface area contributed by atoms with Crippen LogP contribution in [0.25, 0.3) is 0 Å². The number of halogens is 1. The van der Waals surface area contributed by atoms with E-state index >= 15 is 0 Å². The lowest BCUT2D eigenvalue weighted by Gasteiger charge is -2.39. The van der Waals surface area contributed by atoms with Crippen LogP contribution in [0.4, 0.5) is 4.39 Å². The van der Waals surface area contributed by atoms with E-state index in [-0.39, 0.29) is 30.2 Å². The average Bonchev–Trinajstić information content (AvgIpc) is 2.67. The van der Waals surface area contributed by atoms with Gasteiger partial charge in [-0.25, -0.2) is 4.39 Å². The van der Waals surface area contributed by atoms with Gasteiger partial charge in [0.1, 0.15) is 5.82 Å². The second-order valence-corrected chi connectivity index (χ2v) is 8.07. The van der Waals surface area contributed by atoms with Crippen LogP contribution in [0.1, 0.15) is 31.2 Å². The number of likely N-dealkylation sites (N-methyl/N-ethyl adjacent to an activating group) is 1. The van der Waals surface area contributed by atoms with Gasteiger partial charge in [0, 0.05) is 32.2 Å². The summed E-state index contributed by atoms with van der Waals surface area (Å²) in [7, 11) is 1.84. The SMILES string of the molecule is CN(CC(=O)O)C1CCN(C(=O)[C@H]2CCCN(Cc3cccc(F)c3)C2)CC1. The number of aliphatic carboxylic acids is 1. The van der Waals surface area contributed by atoms with Crippen LogP contribution < -0.4 is 0 Å². The van der Waals surface area contributed by atoms with Gasteiger partial charge in [-0.1, -0.05) is 12.1 Å². The van der Waals surface area contributed by atoms with Crippen LogP contribution in [-0.2, 0) is 16.1 Å². The summed E-state index contributed by atoms with van der Waals surface area (Å²) in [6.07, 6.45) is 3.51. The Hall–Kier alpha value is -1.99. The first kappa shape index (κ1) is 20.7. The highest BCUT2D eigenvalue weighted by Gasteiger charge is 2.32. The highest BCUT2D eigenvalue weighted by molar-refractivity contribution is 5.79. The molecule has 0 unspecified atom stereocenters. The number of nitrogens with zero attached hydrogens (tertiary/aromatic N) is 3. The first-order valence-electron chi connectivity index (χ1n) is 10.1. The fourth-order valence-corrected chi connectivity index (χ4v) is 4.42. The molecule has 2 heterocycles. The third-order valence-electron chi connectivity index (χ3n) is 5.93. The summed E-state index contributed by atoms with van der Waals surface area (Å²) in [5.41, 5.74) is 0.940. The van der Waals surface area contributed by atoms with Crippen LogP contribution in [0.2, 0.25) is 0 Å². The normalized spacial score (nSPS) is 21.8. The number of rotatable bonds is 6. The molecule has 2 aliphatic rings. The molecule has 1 aromatic rings. The quantitative estimate of drug-likeness (QED) is 0.804. The molecule has 1 atom stereocenters. The average molecular weight is 391 g/mol. The van der Waals surface area contributed by atoms with Gasteiger partial charge in [0.25, 0.3) is 0 Å². The molecule has 0 saturated carbocycles. The molecule has 0 aliphatic carbocycles. The first-order chi connectivity index (χ1) is 13.4. The number of carboxylic acids is 1. The number of amides is 1. The van der Waals surface area contributed by atoms with Crippen LogP contribution in [0, 0.1) is 11.7 Å². The molecule has 1 aromatic carbocycles. The number of piperidine rings is 2. The molecule has 0 radical (unpaired) electrons. The van der Waals surface area contributed by atoms with E-state index in [1.54, 1.807) is 12.1 Å². The van der Waals surface area contributed by atoms with Crippen LogP contribution in [0.3, 0.4) is 0 Å². The fourth-order valence-electron chi connectivity index (χ4n) is 4.42. The molecule has 154 valence electrons. The predicted molar refractivity (Wildman–Crippen MR) is 104 cm³/mol. The summed E-state index contributed by atoms with van der Waals surface area (Å²) in [5, 5.41) is 8.94. The monoisotopic (exact) mass is 391 g/mol. The van der Waals surface area contributed by atoms with Crippen molar-refractivity contribution in [2.45, 2.75) is 38.3 Å². The van der Waals surface area contributed by atoms with Crippen molar-refractivity contribution in [1.29, 1.82) is 0 Å². The van der Waals surface area contributed by atoms with E-state index in [0.717, 1.165) is 37.8 Å². The molecule has 2 fully saturated rings. The Balaban J connectivity index is 1.50. The van der Waals surface area contributed by atoms with Crippen molar-refractivity contribution in [2.75, 3.05) is 39.8 Å². The van der Waals surface area contributed by atoms with Gasteiger partial charge < -0.3 is 10.0 Å². The van der Waals surface area contributed by atoms with Crippen molar-refractivity contribution >= 4 is 11.9 Å².